The summed E-state index contributed by atoms with van der Waals surface area (Å²) in [6.07, 6.45) is 2.26. The second-order valence-corrected chi connectivity index (χ2v) is 6.28. The molecule has 6 nitrogen and oxygen atoms in total. The van der Waals surface area contributed by atoms with Gasteiger partial charge in [0.15, 0.2) is 0 Å². The minimum absolute atomic E-state index is 0.307. The quantitative estimate of drug-likeness (QED) is 0.759. The summed E-state index contributed by atoms with van der Waals surface area (Å²) in [7, 11) is 3.81. The smallest absolute Gasteiger partial charge is 0.247 e. The van der Waals surface area contributed by atoms with E-state index in [1.54, 1.807) is 7.11 Å². The fourth-order valence-corrected chi connectivity index (χ4v) is 3.08. The van der Waals surface area contributed by atoms with Crippen molar-refractivity contribution in [3.05, 3.63) is 30.2 Å². The van der Waals surface area contributed by atoms with Crippen molar-refractivity contribution in [3.8, 4) is 17.2 Å². The van der Waals surface area contributed by atoms with Crippen LogP contribution in [0.15, 0.2) is 28.7 Å². The van der Waals surface area contributed by atoms with Gasteiger partial charge in [-0.1, -0.05) is 0 Å². The fourth-order valence-electron chi connectivity index (χ4n) is 3.08. The number of likely N-dealkylation sites (N-methyl/N-ethyl adjacent to an activating group) is 1. The zero-order valence-corrected chi connectivity index (χ0v) is 14.6. The maximum atomic E-state index is 5.96. The van der Waals surface area contributed by atoms with E-state index in [9.17, 15) is 0 Å². The lowest BCUT2D eigenvalue weighted by molar-refractivity contribution is 0.146. The Balaban J connectivity index is 1.69. The largest absolute Gasteiger partial charge is 0.491 e. The number of hydrogen-bond donors (Lipinski definition) is 0. The van der Waals surface area contributed by atoms with Crippen molar-refractivity contribution in [2.24, 2.45) is 0 Å². The Labute approximate surface area is 142 Å². The van der Waals surface area contributed by atoms with Gasteiger partial charge in [-0.15, -0.1) is 10.2 Å². The normalized spacial score (nSPS) is 21.8. The van der Waals surface area contributed by atoms with Crippen LogP contribution in [0, 0.1) is 0 Å². The van der Waals surface area contributed by atoms with Crippen LogP contribution >= 0.6 is 0 Å². The number of hydrogen-bond acceptors (Lipinski definition) is 6. The Bertz CT molecular complexity index is 641. The van der Waals surface area contributed by atoms with Crippen molar-refractivity contribution in [1.29, 1.82) is 0 Å². The number of ether oxygens (including phenoxy) is 2. The van der Waals surface area contributed by atoms with Crippen LogP contribution in [0.3, 0.4) is 0 Å². The SMILES string of the molecule is COCCOc1ccc(-c2nnc([C@H]3CCCN(C)[C@H]3C)o2)cc1. The molecule has 1 saturated heterocycles. The molecule has 0 radical (unpaired) electrons. The topological polar surface area (TPSA) is 60.6 Å². The first-order valence-electron chi connectivity index (χ1n) is 8.45. The van der Waals surface area contributed by atoms with Crippen molar-refractivity contribution < 1.29 is 13.9 Å². The summed E-state index contributed by atoms with van der Waals surface area (Å²) < 4.78 is 16.5. The van der Waals surface area contributed by atoms with Crippen LogP contribution in [0.5, 0.6) is 5.75 Å². The van der Waals surface area contributed by atoms with Gasteiger partial charge >= 0.3 is 0 Å². The van der Waals surface area contributed by atoms with Gasteiger partial charge in [-0.25, -0.2) is 0 Å². The van der Waals surface area contributed by atoms with Crippen LogP contribution in [-0.4, -0.2) is 55.1 Å². The zero-order valence-electron chi connectivity index (χ0n) is 14.6. The Hall–Kier alpha value is -1.92. The highest BCUT2D eigenvalue weighted by molar-refractivity contribution is 5.54. The van der Waals surface area contributed by atoms with E-state index in [2.05, 4.69) is 29.1 Å². The molecule has 0 unspecified atom stereocenters. The summed E-state index contributed by atoms with van der Waals surface area (Å²) in [5.74, 6) is 2.41. The van der Waals surface area contributed by atoms with Crippen molar-refractivity contribution in [2.75, 3.05) is 33.9 Å². The molecule has 1 aromatic carbocycles. The van der Waals surface area contributed by atoms with Crippen LogP contribution in [-0.2, 0) is 4.74 Å². The summed E-state index contributed by atoms with van der Waals surface area (Å²) in [4.78, 5) is 2.35. The molecule has 0 aliphatic carbocycles. The maximum absolute atomic E-state index is 5.96. The first kappa shape index (κ1) is 16.9. The van der Waals surface area contributed by atoms with Gasteiger partial charge in [0.1, 0.15) is 12.4 Å². The number of nitrogens with zero attached hydrogens (tertiary/aromatic N) is 3. The molecular weight excluding hydrogens is 306 g/mol. The average molecular weight is 331 g/mol. The van der Waals surface area contributed by atoms with E-state index in [1.807, 2.05) is 24.3 Å². The molecule has 0 spiro atoms. The molecule has 2 heterocycles. The molecule has 0 N–H and O–H groups in total. The van der Waals surface area contributed by atoms with Gasteiger partial charge in [0.05, 0.1) is 12.5 Å². The van der Waals surface area contributed by atoms with Gasteiger partial charge < -0.3 is 18.8 Å². The van der Waals surface area contributed by atoms with Gasteiger partial charge in [-0.3, -0.25) is 0 Å². The third kappa shape index (κ3) is 3.76. The Morgan fingerprint density at radius 1 is 1.21 bits per heavy atom. The second kappa shape index (κ2) is 7.77. The molecule has 0 amide bonds. The predicted octanol–water partition coefficient (Wildman–Crippen LogP) is 2.96. The second-order valence-electron chi connectivity index (χ2n) is 6.28. The molecule has 0 saturated carbocycles. The molecule has 1 aliphatic rings. The lowest BCUT2D eigenvalue weighted by Crippen LogP contribution is -2.39. The van der Waals surface area contributed by atoms with Crippen molar-refractivity contribution in [3.63, 3.8) is 0 Å². The minimum atomic E-state index is 0.307. The van der Waals surface area contributed by atoms with E-state index in [0.29, 0.717) is 31.1 Å². The molecule has 3 rings (SSSR count). The van der Waals surface area contributed by atoms with Crippen LogP contribution in [0.25, 0.3) is 11.5 Å². The van der Waals surface area contributed by atoms with Gasteiger partial charge in [-0.2, -0.15) is 0 Å². The van der Waals surface area contributed by atoms with Crippen molar-refractivity contribution in [1.82, 2.24) is 15.1 Å². The third-order valence-corrected chi connectivity index (χ3v) is 4.72. The van der Waals surface area contributed by atoms with E-state index in [4.69, 9.17) is 13.9 Å². The lowest BCUT2D eigenvalue weighted by Gasteiger charge is -2.34. The average Bonchev–Trinajstić information content (AvgIpc) is 3.08. The number of rotatable bonds is 6. The molecule has 24 heavy (non-hydrogen) atoms. The first-order chi connectivity index (χ1) is 11.7. The molecule has 130 valence electrons. The molecule has 2 aromatic rings. The highest BCUT2D eigenvalue weighted by atomic mass is 16.5. The lowest BCUT2D eigenvalue weighted by atomic mass is 9.90. The molecular formula is C18H25N3O3. The van der Waals surface area contributed by atoms with E-state index in [0.717, 1.165) is 36.6 Å². The molecule has 6 heteroatoms. The van der Waals surface area contributed by atoms with E-state index in [1.165, 1.54) is 0 Å². The molecule has 1 aliphatic heterocycles. The Kier molecular flexibility index (Phi) is 5.48. The standard InChI is InChI=1S/C18H25N3O3/c1-13-16(5-4-10-21(13)2)18-20-19-17(24-18)14-6-8-15(9-7-14)23-12-11-22-3/h6-9,13,16H,4-5,10-12H2,1-3H3/t13-,16-/m0/s1. The highest BCUT2D eigenvalue weighted by Crippen LogP contribution is 2.32. The predicted molar refractivity (Wildman–Crippen MR) is 91.2 cm³/mol. The highest BCUT2D eigenvalue weighted by Gasteiger charge is 2.30. The molecule has 2 atom stereocenters. The summed E-state index contributed by atoms with van der Waals surface area (Å²) in [5, 5.41) is 8.52. The Morgan fingerprint density at radius 3 is 2.75 bits per heavy atom. The van der Waals surface area contributed by atoms with Gasteiger partial charge in [-0.05, 0) is 57.6 Å². The third-order valence-electron chi connectivity index (χ3n) is 4.72. The van der Waals surface area contributed by atoms with Gasteiger partial charge in [0, 0.05) is 18.7 Å². The van der Waals surface area contributed by atoms with E-state index in [-0.39, 0.29) is 0 Å². The maximum Gasteiger partial charge on any atom is 0.247 e. The van der Waals surface area contributed by atoms with Crippen LogP contribution in [0.4, 0.5) is 0 Å². The van der Waals surface area contributed by atoms with Crippen molar-refractivity contribution >= 4 is 0 Å². The number of likely N-dealkylation sites (tertiary alicyclic amines) is 1. The van der Waals surface area contributed by atoms with E-state index >= 15 is 0 Å². The summed E-state index contributed by atoms with van der Waals surface area (Å²) in [6.45, 7) is 4.46. The van der Waals surface area contributed by atoms with Crippen molar-refractivity contribution in [2.45, 2.75) is 31.7 Å². The first-order valence-corrected chi connectivity index (χ1v) is 8.45. The summed E-state index contributed by atoms with van der Waals surface area (Å²) in [5.41, 5.74) is 0.907. The zero-order chi connectivity index (χ0) is 16.9. The monoisotopic (exact) mass is 331 g/mol. The molecule has 1 fully saturated rings. The van der Waals surface area contributed by atoms with Crippen LogP contribution < -0.4 is 4.74 Å². The number of aromatic nitrogens is 2. The van der Waals surface area contributed by atoms with Gasteiger partial charge in [0.25, 0.3) is 0 Å². The Morgan fingerprint density at radius 2 is 2.00 bits per heavy atom. The van der Waals surface area contributed by atoms with Crippen LogP contribution in [0.1, 0.15) is 31.6 Å². The fraction of sp³-hybridized carbons (Fsp3) is 0.556. The van der Waals surface area contributed by atoms with Gasteiger partial charge in [0.2, 0.25) is 11.8 Å². The molecule has 0 bridgehead atoms. The number of methoxy groups -OCH3 is 1. The van der Waals surface area contributed by atoms with Crippen LogP contribution in [0.2, 0.25) is 0 Å². The number of piperidine rings is 1. The van der Waals surface area contributed by atoms with E-state index < -0.39 is 0 Å². The summed E-state index contributed by atoms with van der Waals surface area (Å²) >= 11 is 0. The number of benzene rings is 1. The summed E-state index contributed by atoms with van der Waals surface area (Å²) in [6, 6.07) is 8.12. The molecule has 1 aromatic heterocycles. The minimum Gasteiger partial charge on any atom is -0.491 e.